The van der Waals surface area contributed by atoms with Crippen LogP contribution in [-0.2, 0) is 4.74 Å². The third-order valence-electron chi connectivity index (χ3n) is 2.72. The van der Waals surface area contributed by atoms with Crippen molar-refractivity contribution in [3.63, 3.8) is 0 Å². The number of nitrogens with one attached hydrogen (secondary N) is 1. The summed E-state index contributed by atoms with van der Waals surface area (Å²) in [4.78, 5) is 17.4. The van der Waals surface area contributed by atoms with E-state index in [0.717, 1.165) is 32.8 Å². The Kier molecular flexibility index (Phi) is 4.51. The molecule has 1 aliphatic heterocycles. The molecule has 7 heteroatoms. The zero-order valence-electron chi connectivity index (χ0n) is 10.3. The van der Waals surface area contributed by atoms with Crippen LogP contribution in [0.2, 0.25) is 0 Å². The van der Waals surface area contributed by atoms with Gasteiger partial charge in [0, 0.05) is 25.7 Å². The van der Waals surface area contributed by atoms with Gasteiger partial charge in [-0.15, -0.1) is 0 Å². The van der Waals surface area contributed by atoms with Gasteiger partial charge in [0.1, 0.15) is 4.88 Å². The first-order valence-corrected chi connectivity index (χ1v) is 6.72. The van der Waals surface area contributed by atoms with Crippen LogP contribution in [0.3, 0.4) is 0 Å². The van der Waals surface area contributed by atoms with E-state index < -0.39 is 5.97 Å². The highest BCUT2D eigenvalue weighted by atomic mass is 32.1. The lowest BCUT2D eigenvalue weighted by atomic mass is 10.3. The van der Waals surface area contributed by atoms with Gasteiger partial charge in [-0.3, -0.25) is 4.90 Å². The SMILES string of the molecule is CC(CN1CCOCC1)Nc1ncc(C(=O)O)s1. The molecule has 1 unspecified atom stereocenters. The fraction of sp³-hybridized carbons (Fsp3) is 0.636. The minimum Gasteiger partial charge on any atom is -0.477 e. The number of hydrogen-bond donors (Lipinski definition) is 2. The van der Waals surface area contributed by atoms with Gasteiger partial charge in [0.2, 0.25) is 0 Å². The molecular formula is C11H17N3O3S. The number of carbonyl (C=O) groups is 1. The second-order valence-electron chi connectivity index (χ2n) is 4.29. The molecule has 0 amide bonds. The number of aromatic carboxylic acids is 1. The van der Waals surface area contributed by atoms with Gasteiger partial charge in [0.05, 0.1) is 19.4 Å². The van der Waals surface area contributed by atoms with Crippen LogP contribution in [0, 0.1) is 0 Å². The van der Waals surface area contributed by atoms with Gasteiger partial charge in [0.15, 0.2) is 5.13 Å². The molecule has 1 saturated heterocycles. The Morgan fingerprint density at radius 2 is 2.39 bits per heavy atom. The molecule has 100 valence electrons. The predicted molar refractivity (Wildman–Crippen MR) is 69.4 cm³/mol. The molecule has 1 aromatic rings. The van der Waals surface area contributed by atoms with Crippen molar-refractivity contribution in [2.75, 3.05) is 38.2 Å². The molecule has 0 aromatic carbocycles. The molecule has 0 radical (unpaired) electrons. The molecule has 1 aromatic heterocycles. The smallest absolute Gasteiger partial charge is 0.347 e. The third kappa shape index (κ3) is 3.66. The monoisotopic (exact) mass is 271 g/mol. The highest BCUT2D eigenvalue weighted by molar-refractivity contribution is 7.17. The number of anilines is 1. The largest absolute Gasteiger partial charge is 0.477 e. The molecule has 2 heterocycles. The maximum Gasteiger partial charge on any atom is 0.347 e. The lowest BCUT2D eigenvalue weighted by Crippen LogP contribution is -2.42. The fourth-order valence-electron chi connectivity index (χ4n) is 1.87. The molecule has 18 heavy (non-hydrogen) atoms. The highest BCUT2D eigenvalue weighted by Crippen LogP contribution is 2.18. The molecule has 1 atom stereocenters. The van der Waals surface area contributed by atoms with E-state index >= 15 is 0 Å². The first-order chi connectivity index (χ1) is 8.65. The molecule has 1 aliphatic rings. The van der Waals surface area contributed by atoms with Gasteiger partial charge in [-0.2, -0.15) is 0 Å². The van der Waals surface area contributed by atoms with Gasteiger partial charge in [-0.1, -0.05) is 11.3 Å². The maximum absolute atomic E-state index is 10.7. The lowest BCUT2D eigenvalue weighted by Gasteiger charge is -2.29. The summed E-state index contributed by atoms with van der Waals surface area (Å²) in [6.07, 6.45) is 1.39. The first-order valence-electron chi connectivity index (χ1n) is 5.91. The minimum atomic E-state index is -0.929. The molecule has 0 bridgehead atoms. The van der Waals surface area contributed by atoms with E-state index in [1.807, 2.05) is 0 Å². The molecule has 2 rings (SSSR count). The number of aromatic nitrogens is 1. The number of rotatable bonds is 5. The Morgan fingerprint density at radius 1 is 1.67 bits per heavy atom. The van der Waals surface area contributed by atoms with E-state index in [2.05, 4.69) is 22.1 Å². The summed E-state index contributed by atoms with van der Waals surface area (Å²) in [6, 6.07) is 0.232. The average molecular weight is 271 g/mol. The van der Waals surface area contributed by atoms with Crippen molar-refractivity contribution in [2.45, 2.75) is 13.0 Å². The van der Waals surface area contributed by atoms with Crippen LogP contribution in [0.15, 0.2) is 6.20 Å². The number of ether oxygens (including phenoxy) is 1. The number of thiazole rings is 1. The molecule has 2 N–H and O–H groups in total. The fourth-order valence-corrected chi connectivity index (χ4v) is 2.63. The van der Waals surface area contributed by atoms with Crippen LogP contribution >= 0.6 is 11.3 Å². The van der Waals surface area contributed by atoms with E-state index in [9.17, 15) is 4.79 Å². The quantitative estimate of drug-likeness (QED) is 0.831. The molecule has 0 spiro atoms. The first kappa shape index (κ1) is 13.3. The molecule has 0 saturated carbocycles. The van der Waals surface area contributed by atoms with Gasteiger partial charge in [-0.05, 0) is 6.92 Å². The number of hydrogen-bond acceptors (Lipinski definition) is 6. The van der Waals surface area contributed by atoms with E-state index in [1.165, 1.54) is 17.5 Å². The van der Waals surface area contributed by atoms with Crippen LogP contribution in [0.25, 0.3) is 0 Å². The van der Waals surface area contributed by atoms with Crippen molar-refractivity contribution in [1.29, 1.82) is 0 Å². The second kappa shape index (κ2) is 6.12. The van der Waals surface area contributed by atoms with Crippen LogP contribution < -0.4 is 5.32 Å². The van der Waals surface area contributed by atoms with Crippen LogP contribution in [0.1, 0.15) is 16.6 Å². The zero-order chi connectivity index (χ0) is 13.0. The van der Waals surface area contributed by atoms with Crippen molar-refractivity contribution in [1.82, 2.24) is 9.88 Å². The Balaban J connectivity index is 1.82. The van der Waals surface area contributed by atoms with Gasteiger partial charge >= 0.3 is 5.97 Å². The molecule has 1 fully saturated rings. The Labute approximate surface area is 110 Å². The van der Waals surface area contributed by atoms with E-state index in [4.69, 9.17) is 9.84 Å². The molecule has 6 nitrogen and oxygen atoms in total. The van der Waals surface area contributed by atoms with E-state index in [0.29, 0.717) is 5.13 Å². The number of carboxylic acid groups (broad SMARTS) is 1. The van der Waals surface area contributed by atoms with Crippen molar-refractivity contribution in [3.05, 3.63) is 11.1 Å². The van der Waals surface area contributed by atoms with Gasteiger partial charge < -0.3 is 15.2 Å². The van der Waals surface area contributed by atoms with E-state index in [1.54, 1.807) is 0 Å². The topological polar surface area (TPSA) is 74.7 Å². The lowest BCUT2D eigenvalue weighted by molar-refractivity contribution is 0.0368. The minimum absolute atomic E-state index is 0.232. The average Bonchev–Trinajstić information content (AvgIpc) is 2.78. The summed E-state index contributed by atoms with van der Waals surface area (Å²) in [7, 11) is 0. The van der Waals surface area contributed by atoms with Crippen molar-refractivity contribution in [3.8, 4) is 0 Å². The highest BCUT2D eigenvalue weighted by Gasteiger charge is 2.15. The Morgan fingerprint density at radius 3 is 3.00 bits per heavy atom. The summed E-state index contributed by atoms with van der Waals surface area (Å²) in [5.74, 6) is -0.929. The predicted octanol–water partition coefficient (Wildman–Crippen LogP) is 0.974. The van der Waals surface area contributed by atoms with Crippen molar-refractivity contribution < 1.29 is 14.6 Å². The standard InChI is InChI=1S/C11H17N3O3S/c1-8(7-14-2-4-17-5-3-14)13-11-12-6-9(18-11)10(15)16/h6,8H,2-5,7H2,1H3,(H,12,13)(H,15,16). The summed E-state index contributed by atoms with van der Waals surface area (Å²) in [5.41, 5.74) is 0. The Hall–Kier alpha value is -1.18. The second-order valence-corrected chi connectivity index (χ2v) is 5.32. The van der Waals surface area contributed by atoms with Crippen LogP contribution in [-0.4, -0.2) is 59.8 Å². The zero-order valence-corrected chi connectivity index (χ0v) is 11.1. The van der Waals surface area contributed by atoms with Crippen molar-refractivity contribution >= 4 is 22.4 Å². The van der Waals surface area contributed by atoms with Crippen LogP contribution in [0.5, 0.6) is 0 Å². The summed E-state index contributed by atoms with van der Waals surface area (Å²) in [6.45, 7) is 6.44. The number of carboxylic acids is 1. The normalized spacial score (nSPS) is 18.5. The van der Waals surface area contributed by atoms with E-state index in [-0.39, 0.29) is 10.9 Å². The number of morpholine rings is 1. The number of nitrogens with zero attached hydrogens (tertiary/aromatic N) is 2. The maximum atomic E-state index is 10.7. The summed E-state index contributed by atoms with van der Waals surface area (Å²) < 4.78 is 5.29. The molecular weight excluding hydrogens is 254 g/mol. The third-order valence-corrected chi connectivity index (χ3v) is 3.64. The van der Waals surface area contributed by atoms with Crippen molar-refractivity contribution in [2.24, 2.45) is 0 Å². The van der Waals surface area contributed by atoms with Gasteiger partial charge in [0.25, 0.3) is 0 Å². The Bertz CT molecular complexity index is 404. The summed E-state index contributed by atoms with van der Waals surface area (Å²) >= 11 is 1.17. The van der Waals surface area contributed by atoms with Crippen LogP contribution in [0.4, 0.5) is 5.13 Å². The summed E-state index contributed by atoms with van der Waals surface area (Å²) in [5, 5.41) is 12.7. The van der Waals surface area contributed by atoms with Gasteiger partial charge in [-0.25, -0.2) is 9.78 Å². The molecule has 0 aliphatic carbocycles.